The van der Waals surface area contributed by atoms with E-state index in [9.17, 15) is 43.2 Å². The van der Waals surface area contributed by atoms with Crippen molar-refractivity contribution in [1.29, 1.82) is 0 Å². The number of carbonyl (C=O) groups excluding carboxylic acids is 4. The van der Waals surface area contributed by atoms with Gasteiger partial charge >= 0.3 is 39.5 Å². The summed E-state index contributed by atoms with van der Waals surface area (Å²) in [5.74, 6) is -2.50. The van der Waals surface area contributed by atoms with E-state index in [0.717, 1.165) is 141 Å². The van der Waals surface area contributed by atoms with E-state index in [1.54, 1.807) is 0 Å². The lowest BCUT2D eigenvalue weighted by atomic mass is 10.1. The molecule has 5 atom stereocenters. The number of carbonyl (C=O) groups is 4. The van der Waals surface area contributed by atoms with E-state index in [0.29, 0.717) is 44.9 Å². The molecule has 3 N–H and O–H groups in total. The van der Waals surface area contributed by atoms with Gasteiger partial charge in [-0.05, 0) is 167 Å². The average Bonchev–Trinajstić information content (AvgIpc) is 0.898. The number of hydrogen-bond acceptors (Lipinski definition) is 15. The minimum Gasteiger partial charge on any atom is -0.462 e. The van der Waals surface area contributed by atoms with Crippen LogP contribution in [0.5, 0.6) is 0 Å². The van der Waals surface area contributed by atoms with Crippen LogP contribution in [0.4, 0.5) is 0 Å². The maximum absolute atomic E-state index is 13.1. The highest BCUT2D eigenvalue weighted by Crippen LogP contribution is 2.45. The highest BCUT2D eigenvalue weighted by atomic mass is 31.2. The molecule has 0 fully saturated rings. The Kier molecular flexibility index (Phi) is 77.5. The second-order valence-corrected chi connectivity index (χ2v) is 29.8. The van der Waals surface area contributed by atoms with Gasteiger partial charge in [-0.2, -0.15) is 0 Å². The third-order valence-electron chi connectivity index (χ3n) is 16.4. The fraction of sp³-hybridized carbons (Fsp3) is 0.570. The molecule has 0 radical (unpaired) electrons. The number of esters is 4. The third-order valence-corrected chi connectivity index (χ3v) is 18.3. The van der Waals surface area contributed by atoms with Crippen molar-refractivity contribution in [3.8, 4) is 0 Å². The van der Waals surface area contributed by atoms with E-state index in [1.807, 2.05) is 54.7 Å². The summed E-state index contributed by atoms with van der Waals surface area (Å²) in [5, 5.41) is 10.7. The van der Waals surface area contributed by atoms with Crippen LogP contribution in [0.15, 0.2) is 219 Å². The molecule has 630 valence electrons. The molecule has 19 heteroatoms. The predicted octanol–water partition coefficient (Wildman–Crippen LogP) is 25.2. The highest BCUT2D eigenvalue weighted by Gasteiger charge is 2.30. The van der Waals surface area contributed by atoms with Gasteiger partial charge in [-0.1, -0.05) is 311 Å². The van der Waals surface area contributed by atoms with E-state index in [2.05, 4.69) is 192 Å². The third kappa shape index (κ3) is 81.4. The molecule has 0 aliphatic rings. The lowest BCUT2D eigenvalue weighted by Crippen LogP contribution is -2.30. The average molecular weight is 1600 g/mol. The summed E-state index contributed by atoms with van der Waals surface area (Å²) < 4.78 is 68.5. The van der Waals surface area contributed by atoms with Gasteiger partial charge in [-0.3, -0.25) is 37.3 Å². The molecule has 0 aliphatic carbocycles. The number of unbranched alkanes of at least 4 members (excludes halogenated alkanes) is 14. The van der Waals surface area contributed by atoms with Crippen LogP contribution in [0, 0.1) is 0 Å². The van der Waals surface area contributed by atoms with Crippen molar-refractivity contribution in [3.05, 3.63) is 219 Å². The molecule has 0 aromatic carbocycles. The molecule has 0 rings (SSSR count). The lowest BCUT2D eigenvalue weighted by molar-refractivity contribution is -0.161. The van der Waals surface area contributed by atoms with Crippen molar-refractivity contribution in [2.24, 2.45) is 0 Å². The topological polar surface area (TPSA) is 237 Å². The second kappa shape index (κ2) is 82.4. The zero-order valence-corrected chi connectivity index (χ0v) is 70.8. The Morgan fingerprint density at radius 3 is 0.795 bits per heavy atom. The standard InChI is InChI=1S/C93H146O17P2/c1-5-9-13-17-21-25-29-33-37-40-43-46-50-53-57-61-65-69-73-77-90(95)103-83-88(109-92(97)79-75-71-67-63-59-55-49-36-32-28-24-20-16-12-8-4)85-107-111(99,100)105-81-87(94)82-106-112(101,102)108-86-89(110-93(98)80-76-72-68-64-60-56-52-48-45-42-39-35-31-27-23-19-15-11-7-3)84-104-91(96)78-74-70-66-62-58-54-51-47-44-41-38-34-30-26-22-18-14-10-6-2/h9,11,13,15,21-23,25-28,32-35,37-39,43-48,53-54,56-58,60,65-66,68-70,72,87-89,94H,5-8,10,12,14,16-20,24,29-31,36,40-42,49-52,55,59,61-64,67,71,73-86H2,1-4H3,(H,99,100)(H,101,102)/b13-9-,15-11-,25-21-,26-22-,27-23-,32-28-,37-33-,38-34-,39-35-,46-43-,47-44-,48-45-,57-53-,58-54-,60-56-,69-65-,70-66-,72-68-/t87-,88-,89-/m1/s1. The number of ether oxygens (including phenoxy) is 4. The molecule has 112 heavy (non-hydrogen) atoms. The van der Waals surface area contributed by atoms with Crippen molar-refractivity contribution in [3.63, 3.8) is 0 Å². The van der Waals surface area contributed by atoms with Gasteiger partial charge in [0.25, 0.3) is 0 Å². The normalized spacial score (nSPS) is 14.9. The van der Waals surface area contributed by atoms with Crippen LogP contribution in [0.25, 0.3) is 0 Å². The zero-order chi connectivity index (χ0) is 81.7. The summed E-state index contributed by atoms with van der Waals surface area (Å²) in [6.07, 6.45) is 105. The Labute approximate surface area is 677 Å². The van der Waals surface area contributed by atoms with Gasteiger partial charge in [-0.25, -0.2) is 9.13 Å². The van der Waals surface area contributed by atoms with Gasteiger partial charge in [0.2, 0.25) is 0 Å². The summed E-state index contributed by atoms with van der Waals surface area (Å²) in [6.45, 7) is 4.32. The van der Waals surface area contributed by atoms with E-state index in [1.165, 1.54) is 44.9 Å². The van der Waals surface area contributed by atoms with Crippen LogP contribution in [-0.2, 0) is 65.4 Å². The molecule has 0 amide bonds. The highest BCUT2D eigenvalue weighted by molar-refractivity contribution is 7.47. The van der Waals surface area contributed by atoms with E-state index in [-0.39, 0.29) is 25.7 Å². The Hall–Kier alpha value is -6.62. The van der Waals surface area contributed by atoms with Gasteiger partial charge in [-0.15, -0.1) is 0 Å². The van der Waals surface area contributed by atoms with Gasteiger partial charge in [0.05, 0.1) is 26.4 Å². The molecule has 0 aromatic rings. The largest absolute Gasteiger partial charge is 0.472 e. The molecule has 2 unspecified atom stereocenters. The van der Waals surface area contributed by atoms with Crippen molar-refractivity contribution < 1.29 is 80.2 Å². The van der Waals surface area contributed by atoms with E-state index < -0.39 is 97.5 Å². The SMILES string of the molecule is CC/C=C\C/C=C\C/C=C\C/C=C\C/C=C\C/C=C\CCC(=O)OC[C@H](COP(=O)(O)OC[C@@H](O)COP(=O)(O)OC[C@@H](COC(=O)CC/C=C\C/C=C\C/C=C\C/C=C\C/C=C\CCCCC)OC(=O)CC/C=C\C/C=C\C/C=C\C/C=C\C/C=C\C/C=C\CC)OC(=O)CCCCCCCCC/C=C\CCCCCC. The Morgan fingerprint density at radius 1 is 0.259 bits per heavy atom. The fourth-order valence-electron chi connectivity index (χ4n) is 10.1. The molecule has 0 bridgehead atoms. The Balaban J connectivity index is 5.60. The number of phosphoric ester groups is 2. The van der Waals surface area contributed by atoms with Crippen molar-refractivity contribution >= 4 is 39.5 Å². The predicted molar refractivity (Wildman–Crippen MR) is 463 cm³/mol. The molecular formula is C93H146O17P2. The van der Waals surface area contributed by atoms with E-state index in [4.69, 9.17) is 37.0 Å². The zero-order valence-electron chi connectivity index (χ0n) is 69.0. The number of hydrogen-bond donors (Lipinski definition) is 3. The van der Waals surface area contributed by atoms with Crippen molar-refractivity contribution in [1.82, 2.24) is 0 Å². The van der Waals surface area contributed by atoms with Gasteiger partial charge in [0, 0.05) is 25.7 Å². The minimum absolute atomic E-state index is 0.0114. The second-order valence-electron chi connectivity index (χ2n) is 26.9. The maximum Gasteiger partial charge on any atom is 0.472 e. The van der Waals surface area contributed by atoms with Gasteiger partial charge < -0.3 is 33.8 Å². The number of phosphoric acid groups is 2. The Morgan fingerprint density at radius 2 is 0.482 bits per heavy atom. The monoisotopic (exact) mass is 1600 g/mol. The smallest absolute Gasteiger partial charge is 0.462 e. The number of aliphatic hydroxyl groups is 1. The summed E-state index contributed by atoms with van der Waals surface area (Å²) >= 11 is 0. The number of rotatable bonds is 76. The quantitative estimate of drug-likeness (QED) is 0.0169. The summed E-state index contributed by atoms with van der Waals surface area (Å²) in [7, 11) is -10.1. The summed E-state index contributed by atoms with van der Waals surface area (Å²) in [4.78, 5) is 73.1. The molecule has 0 aromatic heterocycles. The van der Waals surface area contributed by atoms with Crippen LogP contribution in [0.2, 0.25) is 0 Å². The van der Waals surface area contributed by atoms with Crippen molar-refractivity contribution in [2.45, 2.75) is 303 Å². The first-order valence-corrected chi connectivity index (χ1v) is 45.0. The number of aliphatic hydroxyl groups excluding tert-OH is 1. The summed E-state index contributed by atoms with van der Waals surface area (Å²) in [6, 6.07) is 0. The molecule has 0 saturated heterocycles. The van der Waals surface area contributed by atoms with Gasteiger partial charge in [0.1, 0.15) is 19.3 Å². The fourth-order valence-corrected chi connectivity index (χ4v) is 11.7. The molecule has 0 saturated carbocycles. The first-order valence-electron chi connectivity index (χ1n) is 42.0. The Bertz CT molecular complexity index is 2990. The van der Waals surface area contributed by atoms with E-state index >= 15 is 0 Å². The first kappa shape index (κ1) is 105. The van der Waals surface area contributed by atoms with Crippen LogP contribution >= 0.6 is 15.6 Å². The lowest BCUT2D eigenvalue weighted by Gasteiger charge is -2.21. The van der Waals surface area contributed by atoms with Crippen molar-refractivity contribution in [2.75, 3.05) is 39.6 Å². The van der Waals surface area contributed by atoms with Crippen LogP contribution < -0.4 is 0 Å². The van der Waals surface area contributed by atoms with Crippen LogP contribution in [0.1, 0.15) is 285 Å². The maximum atomic E-state index is 13.1. The molecule has 0 spiro atoms. The first-order chi connectivity index (χ1) is 54.7. The number of allylic oxidation sites excluding steroid dienone is 36. The van der Waals surface area contributed by atoms with Gasteiger partial charge in [0.15, 0.2) is 12.2 Å². The van der Waals surface area contributed by atoms with Crippen LogP contribution in [0.3, 0.4) is 0 Å². The molecule has 0 heterocycles. The molecular weight excluding hydrogens is 1450 g/mol. The minimum atomic E-state index is -5.04. The van der Waals surface area contributed by atoms with Crippen LogP contribution in [-0.4, -0.2) is 96.7 Å². The molecule has 0 aliphatic heterocycles. The molecule has 17 nitrogen and oxygen atoms in total. The summed E-state index contributed by atoms with van der Waals surface area (Å²) in [5.41, 5.74) is 0.